The van der Waals surface area contributed by atoms with Crippen LogP contribution < -0.4 is 5.32 Å². The molecular weight excluding hydrogens is 729 g/mol. The minimum atomic E-state index is 0.0231. The van der Waals surface area contributed by atoms with E-state index in [4.69, 9.17) is 9.47 Å². The van der Waals surface area contributed by atoms with E-state index in [0.717, 1.165) is 32.2 Å². The molecule has 2 atom stereocenters. The zero-order valence-corrected chi connectivity index (χ0v) is 40.8. The predicted octanol–water partition coefficient (Wildman–Crippen LogP) is 15.7. The second-order valence-corrected chi connectivity index (χ2v) is 18.6. The van der Waals surface area contributed by atoms with E-state index in [0.29, 0.717) is 37.9 Å². The van der Waals surface area contributed by atoms with E-state index in [1.807, 2.05) is 7.05 Å². The number of nitrogens with one attached hydrogen (secondary N) is 1. The summed E-state index contributed by atoms with van der Waals surface area (Å²) in [5, 5.41) is 3.30. The Balaban J connectivity index is 4.28. The first-order valence-corrected chi connectivity index (χ1v) is 26.7. The van der Waals surface area contributed by atoms with Gasteiger partial charge < -0.3 is 19.7 Å². The SMILES string of the molecule is CCCCCCCCC(CCCCCC)COC(=O)CCCCCCCN(CCCCCCCC(=O)OCC(CCCCCC)CCCCCCCC)CCCCNC. The topological polar surface area (TPSA) is 67.9 Å². The molecule has 59 heavy (non-hydrogen) atoms. The molecule has 0 aromatic heterocycles. The zero-order valence-electron chi connectivity index (χ0n) is 40.8. The summed E-state index contributed by atoms with van der Waals surface area (Å²) in [6, 6.07) is 0. The Morgan fingerprint density at radius 1 is 0.390 bits per heavy atom. The van der Waals surface area contributed by atoms with Crippen LogP contribution in [0.3, 0.4) is 0 Å². The van der Waals surface area contributed by atoms with Gasteiger partial charge in [0.1, 0.15) is 0 Å². The highest BCUT2D eigenvalue weighted by molar-refractivity contribution is 5.69. The molecule has 0 aromatic carbocycles. The lowest BCUT2D eigenvalue weighted by atomic mass is 9.95. The van der Waals surface area contributed by atoms with Crippen molar-refractivity contribution in [1.29, 1.82) is 0 Å². The molecule has 0 heterocycles. The van der Waals surface area contributed by atoms with Crippen molar-refractivity contribution in [2.24, 2.45) is 11.8 Å². The van der Waals surface area contributed by atoms with Crippen LogP contribution >= 0.6 is 0 Å². The Hall–Kier alpha value is -1.14. The maximum Gasteiger partial charge on any atom is 0.305 e. The number of unbranched alkanes of at least 4 members (excludes halogenated alkanes) is 25. The van der Waals surface area contributed by atoms with Gasteiger partial charge in [0.15, 0.2) is 0 Å². The first-order valence-electron chi connectivity index (χ1n) is 26.7. The predicted molar refractivity (Wildman–Crippen MR) is 257 cm³/mol. The summed E-state index contributed by atoms with van der Waals surface area (Å²) in [6.07, 6.45) is 46.4. The molecule has 0 rings (SSSR count). The van der Waals surface area contributed by atoms with E-state index in [-0.39, 0.29) is 11.9 Å². The molecule has 0 aliphatic rings. The van der Waals surface area contributed by atoms with Crippen LogP contribution in [0.15, 0.2) is 0 Å². The number of hydrogen-bond donors (Lipinski definition) is 1. The van der Waals surface area contributed by atoms with Crippen molar-refractivity contribution < 1.29 is 19.1 Å². The summed E-state index contributed by atoms with van der Waals surface area (Å²) in [6.45, 7) is 15.0. The highest BCUT2D eigenvalue weighted by Crippen LogP contribution is 2.22. The maximum absolute atomic E-state index is 12.6. The summed E-state index contributed by atoms with van der Waals surface area (Å²) in [7, 11) is 2.05. The molecule has 0 aliphatic carbocycles. The lowest BCUT2D eigenvalue weighted by Crippen LogP contribution is -2.28. The zero-order chi connectivity index (χ0) is 43.1. The van der Waals surface area contributed by atoms with Crippen LogP contribution in [0.2, 0.25) is 0 Å². The van der Waals surface area contributed by atoms with Crippen molar-refractivity contribution in [3.8, 4) is 0 Å². The van der Waals surface area contributed by atoms with Gasteiger partial charge in [0.2, 0.25) is 0 Å². The Morgan fingerprint density at radius 2 is 0.678 bits per heavy atom. The minimum absolute atomic E-state index is 0.0231. The van der Waals surface area contributed by atoms with Gasteiger partial charge >= 0.3 is 11.9 Å². The van der Waals surface area contributed by atoms with Gasteiger partial charge in [-0.1, -0.05) is 195 Å². The molecule has 6 heteroatoms. The molecule has 0 amide bonds. The average Bonchev–Trinajstić information content (AvgIpc) is 3.24. The van der Waals surface area contributed by atoms with E-state index in [1.54, 1.807) is 0 Å². The van der Waals surface area contributed by atoms with Gasteiger partial charge in [-0.15, -0.1) is 0 Å². The van der Waals surface area contributed by atoms with Gasteiger partial charge in [0.25, 0.3) is 0 Å². The Bertz CT molecular complexity index is 791. The lowest BCUT2D eigenvalue weighted by molar-refractivity contribution is -0.146. The van der Waals surface area contributed by atoms with Crippen LogP contribution in [-0.2, 0) is 19.1 Å². The fourth-order valence-corrected chi connectivity index (χ4v) is 8.58. The van der Waals surface area contributed by atoms with Crippen LogP contribution in [0.4, 0.5) is 0 Å². The highest BCUT2D eigenvalue weighted by Gasteiger charge is 2.14. The third kappa shape index (κ3) is 43.3. The second kappa shape index (κ2) is 47.9. The fraction of sp³-hybridized carbons (Fsp3) is 0.962. The minimum Gasteiger partial charge on any atom is -0.465 e. The van der Waals surface area contributed by atoms with Gasteiger partial charge in [-0.3, -0.25) is 9.59 Å². The fourth-order valence-electron chi connectivity index (χ4n) is 8.58. The molecule has 0 aliphatic heterocycles. The first kappa shape index (κ1) is 57.9. The number of rotatable bonds is 49. The number of esters is 2. The van der Waals surface area contributed by atoms with Crippen molar-refractivity contribution in [2.75, 3.05) is 46.4 Å². The van der Waals surface area contributed by atoms with E-state index < -0.39 is 0 Å². The molecule has 1 N–H and O–H groups in total. The van der Waals surface area contributed by atoms with Gasteiger partial charge in [-0.2, -0.15) is 0 Å². The molecule has 0 saturated carbocycles. The molecular formula is C53H106N2O4. The summed E-state index contributed by atoms with van der Waals surface area (Å²) in [5.74, 6) is 1.14. The highest BCUT2D eigenvalue weighted by atomic mass is 16.5. The Morgan fingerprint density at radius 3 is 1.03 bits per heavy atom. The van der Waals surface area contributed by atoms with Crippen LogP contribution in [0.1, 0.15) is 272 Å². The Labute approximate surface area is 370 Å². The maximum atomic E-state index is 12.6. The average molecular weight is 835 g/mol. The van der Waals surface area contributed by atoms with E-state index in [2.05, 4.69) is 37.9 Å². The third-order valence-corrected chi connectivity index (χ3v) is 12.7. The van der Waals surface area contributed by atoms with E-state index >= 15 is 0 Å². The molecule has 0 bridgehead atoms. The number of ether oxygens (including phenoxy) is 2. The normalized spacial score (nSPS) is 12.6. The molecule has 0 aromatic rings. The monoisotopic (exact) mass is 835 g/mol. The second-order valence-electron chi connectivity index (χ2n) is 18.6. The molecule has 6 nitrogen and oxygen atoms in total. The quantitative estimate of drug-likeness (QED) is 0.0486. The van der Waals surface area contributed by atoms with Gasteiger partial charge in [0, 0.05) is 12.8 Å². The van der Waals surface area contributed by atoms with E-state index in [9.17, 15) is 9.59 Å². The third-order valence-electron chi connectivity index (χ3n) is 12.7. The number of carbonyl (C=O) groups excluding carboxylic acids is 2. The van der Waals surface area contributed by atoms with Crippen molar-refractivity contribution in [2.45, 2.75) is 272 Å². The van der Waals surface area contributed by atoms with Gasteiger partial charge in [0.05, 0.1) is 13.2 Å². The summed E-state index contributed by atoms with van der Waals surface area (Å²) in [4.78, 5) is 27.9. The number of hydrogen-bond acceptors (Lipinski definition) is 6. The largest absolute Gasteiger partial charge is 0.465 e. The lowest BCUT2D eigenvalue weighted by Gasteiger charge is -2.22. The van der Waals surface area contributed by atoms with Gasteiger partial charge in [-0.25, -0.2) is 0 Å². The molecule has 0 saturated heterocycles. The first-order chi connectivity index (χ1) is 29.0. The smallest absolute Gasteiger partial charge is 0.305 e. The van der Waals surface area contributed by atoms with Crippen molar-refractivity contribution in [1.82, 2.24) is 10.2 Å². The standard InChI is InChI=1S/C53H106N2O4/c1-6-10-14-18-22-30-40-50(38-28-16-12-8-3)48-58-52(56)42-32-24-20-26-35-45-55(47-37-34-44-54-5)46-36-27-21-25-33-43-53(57)59-49-51(39-29-17-13-9-4)41-31-23-19-15-11-7-2/h50-51,54H,6-49H2,1-5H3. The summed E-state index contributed by atoms with van der Waals surface area (Å²) < 4.78 is 11.7. The van der Waals surface area contributed by atoms with Crippen LogP contribution in [-0.4, -0.2) is 63.3 Å². The van der Waals surface area contributed by atoms with Crippen molar-refractivity contribution in [3.63, 3.8) is 0 Å². The van der Waals surface area contributed by atoms with Crippen LogP contribution in [0.25, 0.3) is 0 Å². The Kier molecular flexibility index (Phi) is 47.0. The van der Waals surface area contributed by atoms with Crippen LogP contribution in [0, 0.1) is 11.8 Å². The van der Waals surface area contributed by atoms with Crippen molar-refractivity contribution in [3.05, 3.63) is 0 Å². The van der Waals surface area contributed by atoms with E-state index in [1.165, 1.54) is 225 Å². The van der Waals surface area contributed by atoms with Gasteiger partial charge in [-0.05, 0) is 109 Å². The summed E-state index contributed by atoms with van der Waals surface area (Å²) >= 11 is 0. The number of carbonyl (C=O) groups is 2. The molecule has 0 fully saturated rings. The molecule has 0 spiro atoms. The molecule has 2 unspecified atom stereocenters. The summed E-state index contributed by atoms with van der Waals surface area (Å²) in [5.41, 5.74) is 0. The molecule has 0 radical (unpaired) electrons. The van der Waals surface area contributed by atoms with Crippen LogP contribution in [0.5, 0.6) is 0 Å². The number of nitrogens with zero attached hydrogens (tertiary/aromatic N) is 1. The van der Waals surface area contributed by atoms with Crippen molar-refractivity contribution >= 4 is 11.9 Å². The molecule has 352 valence electrons.